The number of rotatable bonds is 7. The highest BCUT2D eigenvalue weighted by atomic mass is 16.5. The third-order valence-electron chi connectivity index (χ3n) is 6.41. The molecule has 0 spiro atoms. The number of carbonyl (C=O) groups is 2. The molecular formula is C26H31N3O4. The molecule has 1 fully saturated rings. The van der Waals surface area contributed by atoms with Crippen molar-refractivity contribution in [1.29, 1.82) is 0 Å². The van der Waals surface area contributed by atoms with Gasteiger partial charge in [-0.1, -0.05) is 42.8 Å². The van der Waals surface area contributed by atoms with Crippen LogP contribution in [0.3, 0.4) is 0 Å². The molecule has 2 amide bonds. The number of ether oxygens (including phenoxy) is 2. The summed E-state index contributed by atoms with van der Waals surface area (Å²) in [7, 11) is 3.15. The van der Waals surface area contributed by atoms with Crippen molar-refractivity contribution in [3.8, 4) is 11.5 Å². The third kappa shape index (κ3) is 4.46. The monoisotopic (exact) mass is 449 g/mol. The minimum absolute atomic E-state index is 0.172. The van der Waals surface area contributed by atoms with E-state index in [-0.39, 0.29) is 18.4 Å². The first kappa shape index (κ1) is 22.9. The highest BCUT2D eigenvalue weighted by Crippen LogP contribution is 2.34. The molecule has 1 saturated heterocycles. The molecule has 0 saturated carbocycles. The number of nitrogens with zero attached hydrogens (tertiary/aromatic N) is 3. The van der Waals surface area contributed by atoms with E-state index in [0.717, 1.165) is 49.4 Å². The zero-order chi connectivity index (χ0) is 23.5. The molecule has 0 radical (unpaired) electrons. The highest BCUT2D eigenvalue weighted by molar-refractivity contribution is 6.35. The molecule has 0 bridgehead atoms. The van der Waals surface area contributed by atoms with Crippen molar-refractivity contribution in [3.63, 3.8) is 0 Å². The smallest absolute Gasteiger partial charge is 0.278 e. The maximum Gasteiger partial charge on any atom is 0.278 e. The fourth-order valence-corrected chi connectivity index (χ4v) is 4.43. The predicted octanol–water partition coefficient (Wildman–Crippen LogP) is 2.93. The Morgan fingerprint density at radius 3 is 2.12 bits per heavy atom. The fourth-order valence-electron chi connectivity index (χ4n) is 4.43. The minimum Gasteiger partial charge on any atom is -0.493 e. The van der Waals surface area contributed by atoms with Gasteiger partial charge in [-0.05, 0) is 36.7 Å². The van der Waals surface area contributed by atoms with Crippen LogP contribution in [0.5, 0.6) is 11.5 Å². The maximum atomic E-state index is 13.6. The molecular weight excluding hydrogens is 418 g/mol. The summed E-state index contributed by atoms with van der Waals surface area (Å²) in [4.78, 5) is 33.0. The number of benzene rings is 2. The van der Waals surface area contributed by atoms with E-state index in [2.05, 4.69) is 16.7 Å². The minimum atomic E-state index is -0.258. The zero-order valence-corrected chi connectivity index (χ0v) is 19.8. The van der Waals surface area contributed by atoms with Crippen LogP contribution in [-0.4, -0.2) is 73.5 Å². The van der Waals surface area contributed by atoms with Crippen molar-refractivity contribution < 1.29 is 19.1 Å². The molecule has 33 heavy (non-hydrogen) atoms. The van der Waals surface area contributed by atoms with Crippen molar-refractivity contribution in [2.24, 2.45) is 0 Å². The van der Waals surface area contributed by atoms with E-state index in [1.165, 1.54) is 4.90 Å². The van der Waals surface area contributed by atoms with Crippen molar-refractivity contribution in [3.05, 3.63) is 64.9 Å². The number of amides is 2. The van der Waals surface area contributed by atoms with Crippen LogP contribution in [0.25, 0.3) is 5.57 Å². The molecule has 2 heterocycles. The van der Waals surface area contributed by atoms with Gasteiger partial charge in [-0.15, -0.1) is 0 Å². The second-order valence-corrected chi connectivity index (χ2v) is 8.40. The standard InChI is InChI=1S/C26H31N3O4/c1-5-27-12-14-28(15-13-27)24-23(20-9-6-18(2)7-10-20)25(30)29(26(24)31)17-19-8-11-21(32-3)22(16-19)33-4/h6-11,16H,5,12-15,17H2,1-4H3. The number of hydrogen-bond donors (Lipinski definition) is 0. The van der Waals surface area contributed by atoms with Crippen molar-refractivity contribution >= 4 is 17.4 Å². The van der Waals surface area contributed by atoms with E-state index in [4.69, 9.17) is 9.47 Å². The topological polar surface area (TPSA) is 62.3 Å². The average molecular weight is 450 g/mol. The molecule has 0 aromatic heterocycles. The first-order valence-corrected chi connectivity index (χ1v) is 11.3. The quantitative estimate of drug-likeness (QED) is 0.606. The first-order valence-electron chi connectivity index (χ1n) is 11.3. The van der Waals surface area contributed by atoms with Gasteiger partial charge in [0.25, 0.3) is 11.8 Å². The Balaban J connectivity index is 1.68. The number of aryl methyl sites for hydroxylation is 1. The van der Waals surface area contributed by atoms with E-state index in [9.17, 15) is 9.59 Å². The Morgan fingerprint density at radius 1 is 0.848 bits per heavy atom. The lowest BCUT2D eigenvalue weighted by molar-refractivity contribution is -0.138. The van der Waals surface area contributed by atoms with Gasteiger partial charge in [0, 0.05) is 26.2 Å². The molecule has 7 heteroatoms. The predicted molar refractivity (Wildman–Crippen MR) is 127 cm³/mol. The van der Waals surface area contributed by atoms with Crippen LogP contribution in [0.4, 0.5) is 0 Å². The van der Waals surface area contributed by atoms with Crippen LogP contribution < -0.4 is 9.47 Å². The lowest BCUT2D eigenvalue weighted by atomic mass is 10.0. The lowest BCUT2D eigenvalue weighted by Crippen LogP contribution is -2.47. The van der Waals surface area contributed by atoms with Gasteiger partial charge >= 0.3 is 0 Å². The lowest BCUT2D eigenvalue weighted by Gasteiger charge is -2.36. The van der Waals surface area contributed by atoms with E-state index < -0.39 is 0 Å². The summed E-state index contributed by atoms with van der Waals surface area (Å²) >= 11 is 0. The van der Waals surface area contributed by atoms with Gasteiger partial charge in [0.2, 0.25) is 0 Å². The Bertz CT molecular complexity index is 1070. The van der Waals surface area contributed by atoms with E-state index in [1.807, 2.05) is 43.3 Å². The molecule has 2 aliphatic heterocycles. The van der Waals surface area contributed by atoms with E-state index in [1.54, 1.807) is 20.3 Å². The van der Waals surface area contributed by atoms with Crippen LogP contribution in [0.1, 0.15) is 23.6 Å². The van der Waals surface area contributed by atoms with Gasteiger partial charge in [-0.3, -0.25) is 14.5 Å². The molecule has 174 valence electrons. The summed E-state index contributed by atoms with van der Waals surface area (Å²) in [5.74, 6) is 0.673. The van der Waals surface area contributed by atoms with Crippen molar-refractivity contribution in [2.45, 2.75) is 20.4 Å². The third-order valence-corrected chi connectivity index (χ3v) is 6.41. The number of likely N-dealkylation sites (N-methyl/N-ethyl adjacent to an activating group) is 1. The molecule has 0 aliphatic carbocycles. The Kier molecular flexibility index (Phi) is 6.70. The number of imide groups is 1. The van der Waals surface area contributed by atoms with Crippen LogP contribution in [0.2, 0.25) is 0 Å². The average Bonchev–Trinajstić information content (AvgIpc) is 3.09. The molecule has 2 aromatic carbocycles. The second kappa shape index (κ2) is 9.67. The summed E-state index contributed by atoms with van der Waals surface area (Å²) < 4.78 is 10.7. The molecule has 2 aromatic rings. The van der Waals surface area contributed by atoms with Gasteiger partial charge < -0.3 is 19.3 Å². The fraction of sp³-hybridized carbons (Fsp3) is 0.385. The number of methoxy groups -OCH3 is 2. The van der Waals surface area contributed by atoms with Crippen molar-refractivity contribution in [1.82, 2.24) is 14.7 Å². The Labute approximate surface area is 195 Å². The van der Waals surface area contributed by atoms with Gasteiger partial charge in [0.15, 0.2) is 11.5 Å². The molecule has 7 nitrogen and oxygen atoms in total. The largest absolute Gasteiger partial charge is 0.493 e. The number of carbonyl (C=O) groups excluding carboxylic acids is 2. The number of piperazine rings is 1. The molecule has 0 unspecified atom stereocenters. The summed E-state index contributed by atoms with van der Waals surface area (Å²) in [6.45, 7) is 8.50. The van der Waals surface area contributed by atoms with Gasteiger partial charge in [-0.2, -0.15) is 0 Å². The van der Waals surface area contributed by atoms with Gasteiger partial charge in [0.1, 0.15) is 5.70 Å². The number of hydrogen-bond acceptors (Lipinski definition) is 6. The maximum absolute atomic E-state index is 13.6. The van der Waals surface area contributed by atoms with Crippen molar-refractivity contribution in [2.75, 3.05) is 46.9 Å². The van der Waals surface area contributed by atoms with Crippen LogP contribution >= 0.6 is 0 Å². The summed E-state index contributed by atoms with van der Waals surface area (Å²) in [5, 5.41) is 0. The van der Waals surface area contributed by atoms with Crippen LogP contribution in [0.15, 0.2) is 48.2 Å². The molecule has 0 atom stereocenters. The SMILES string of the molecule is CCN1CCN(C2=C(c3ccc(C)cc3)C(=O)N(Cc3ccc(OC)c(OC)c3)C2=O)CC1. The summed E-state index contributed by atoms with van der Waals surface area (Å²) in [6.07, 6.45) is 0. The second-order valence-electron chi connectivity index (χ2n) is 8.40. The zero-order valence-electron chi connectivity index (χ0n) is 19.8. The highest BCUT2D eigenvalue weighted by Gasteiger charge is 2.42. The Hall–Kier alpha value is -3.32. The first-order chi connectivity index (χ1) is 16.0. The molecule has 4 rings (SSSR count). The van der Waals surface area contributed by atoms with E-state index in [0.29, 0.717) is 22.8 Å². The van der Waals surface area contributed by atoms with Crippen LogP contribution in [-0.2, 0) is 16.1 Å². The normalized spacial score (nSPS) is 17.2. The molecule has 2 aliphatic rings. The van der Waals surface area contributed by atoms with Gasteiger partial charge in [-0.25, -0.2) is 0 Å². The van der Waals surface area contributed by atoms with Crippen LogP contribution in [0, 0.1) is 6.92 Å². The Morgan fingerprint density at radius 2 is 1.52 bits per heavy atom. The van der Waals surface area contributed by atoms with E-state index >= 15 is 0 Å². The summed E-state index contributed by atoms with van der Waals surface area (Å²) in [5.41, 5.74) is 3.69. The van der Waals surface area contributed by atoms with Gasteiger partial charge in [0.05, 0.1) is 26.3 Å². The molecule has 0 N–H and O–H groups in total. The summed E-state index contributed by atoms with van der Waals surface area (Å²) in [6, 6.07) is 13.3.